The number of nitrogens with one attached hydrogen (secondary N) is 1. The molecule has 1 amide bonds. The second-order valence-corrected chi connectivity index (χ2v) is 6.21. The van der Waals surface area contributed by atoms with Crippen LogP contribution in [0.1, 0.15) is 11.1 Å². The summed E-state index contributed by atoms with van der Waals surface area (Å²) in [4.78, 5) is 24.1. The van der Waals surface area contributed by atoms with E-state index >= 15 is 0 Å². The Bertz CT molecular complexity index is 783. The van der Waals surface area contributed by atoms with Crippen LogP contribution in [0.3, 0.4) is 0 Å². The Morgan fingerprint density at radius 3 is 2.52 bits per heavy atom. The van der Waals surface area contributed by atoms with E-state index in [-0.39, 0.29) is 18.4 Å². The van der Waals surface area contributed by atoms with Crippen molar-refractivity contribution in [1.82, 2.24) is 5.32 Å². The molecule has 7 heteroatoms. The molecular formula is C18H16BrF2NO3. The number of esters is 1. The van der Waals surface area contributed by atoms with Crippen LogP contribution in [-0.4, -0.2) is 25.0 Å². The van der Waals surface area contributed by atoms with Gasteiger partial charge in [0.1, 0.15) is 17.7 Å². The lowest BCUT2D eigenvalue weighted by atomic mass is 10.1. The molecule has 0 spiro atoms. The van der Waals surface area contributed by atoms with Crippen LogP contribution in [0.2, 0.25) is 0 Å². The van der Waals surface area contributed by atoms with Gasteiger partial charge >= 0.3 is 5.97 Å². The Balaban J connectivity index is 2.09. The van der Waals surface area contributed by atoms with E-state index in [1.807, 2.05) is 24.3 Å². The molecule has 0 aromatic heterocycles. The summed E-state index contributed by atoms with van der Waals surface area (Å²) in [5.41, 5.74) is 0.856. The van der Waals surface area contributed by atoms with Crippen molar-refractivity contribution in [3.8, 4) is 0 Å². The lowest BCUT2D eigenvalue weighted by Crippen LogP contribution is -2.43. The fourth-order valence-corrected chi connectivity index (χ4v) is 2.75. The zero-order valence-electron chi connectivity index (χ0n) is 13.4. The molecule has 0 aliphatic carbocycles. The van der Waals surface area contributed by atoms with Crippen LogP contribution in [0.25, 0.3) is 0 Å². The molecule has 0 fully saturated rings. The van der Waals surface area contributed by atoms with Crippen LogP contribution in [0.5, 0.6) is 0 Å². The SMILES string of the molecule is COC(=O)[C@@H](Cc1ccccc1Br)NC(=O)Cc1ccc(F)cc1F. The molecule has 25 heavy (non-hydrogen) atoms. The van der Waals surface area contributed by atoms with Gasteiger partial charge in [0, 0.05) is 17.0 Å². The fourth-order valence-electron chi connectivity index (χ4n) is 2.30. The number of ether oxygens (including phenoxy) is 1. The van der Waals surface area contributed by atoms with Gasteiger partial charge in [-0.05, 0) is 23.3 Å². The molecule has 0 radical (unpaired) electrons. The number of hydrogen-bond donors (Lipinski definition) is 1. The van der Waals surface area contributed by atoms with Crippen LogP contribution in [0.15, 0.2) is 46.9 Å². The molecule has 0 unspecified atom stereocenters. The summed E-state index contributed by atoms with van der Waals surface area (Å²) in [7, 11) is 1.22. The normalized spacial score (nSPS) is 11.7. The van der Waals surface area contributed by atoms with E-state index in [0.717, 1.165) is 16.1 Å². The van der Waals surface area contributed by atoms with Crippen LogP contribution in [0.4, 0.5) is 8.78 Å². The minimum absolute atomic E-state index is 0.0448. The van der Waals surface area contributed by atoms with Gasteiger partial charge in [-0.25, -0.2) is 13.6 Å². The lowest BCUT2D eigenvalue weighted by Gasteiger charge is -2.17. The minimum atomic E-state index is -0.917. The first-order chi connectivity index (χ1) is 11.9. The molecule has 4 nitrogen and oxygen atoms in total. The summed E-state index contributed by atoms with van der Waals surface area (Å²) in [6, 6.07) is 9.34. The predicted molar refractivity (Wildman–Crippen MR) is 91.9 cm³/mol. The van der Waals surface area contributed by atoms with Crippen molar-refractivity contribution in [2.45, 2.75) is 18.9 Å². The molecule has 0 bridgehead atoms. The van der Waals surface area contributed by atoms with Gasteiger partial charge in [-0.3, -0.25) is 4.79 Å². The van der Waals surface area contributed by atoms with E-state index in [1.165, 1.54) is 13.2 Å². The first-order valence-corrected chi connectivity index (χ1v) is 8.24. The van der Waals surface area contributed by atoms with Crippen LogP contribution < -0.4 is 5.32 Å². The molecule has 2 aromatic rings. The number of methoxy groups -OCH3 is 1. The largest absolute Gasteiger partial charge is 0.467 e. The summed E-state index contributed by atoms with van der Waals surface area (Å²) < 4.78 is 32.1. The summed E-state index contributed by atoms with van der Waals surface area (Å²) in [6.07, 6.45) is -0.0959. The minimum Gasteiger partial charge on any atom is -0.467 e. The molecule has 2 aromatic carbocycles. The molecule has 1 atom stereocenters. The Labute approximate surface area is 152 Å². The molecule has 0 aliphatic rings. The van der Waals surface area contributed by atoms with Gasteiger partial charge in [-0.1, -0.05) is 40.2 Å². The fraction of sp³-hybridized carbons (Fsp3) is 0.222. The average Bonchev–Trinajstić information content (AvgIpc) is 2.58. The van der Waals surface area contributed by atoms with E-state index in [9.17, 15) is 18.4 Å². The average molecular weight is 412 g/mol. The maximum atomic E-state index is 13.7. The van der Waals surface area contributed by atoms with Crippen molar-refractivity contribution >= 4 is 27.8 Å². The maximum absolute atomic E-state index is 13.7. The quantitative estimate of drug-likeness (QED) is 0.742. The van der Waals surface area contributed by atoms with Crippen molar-refractivity contribution < 1.29 is 23.1 Å². The van der Waals surface area contributed by atoms with Crippen molar-refractivity contribution in [2.24, 2.45) is 0 Å². The molecule has 1 N–H and O–H groups in total. The smallest absolute Gasteiger partial charge is 0.328 e. The molecule has 0 aliphatic heterocycles. The Morgan fingerprint density at radius 1 is 1.16 bits per heavy atom. The predicted octanol–water partition coefficient (Wildman–Crippen LogP) is 3.17. The highest BCUT2D eigenvalue weighted by Gasteiger charge is 2.23. The number of carbonyl (C=O) groups is 2. The van der Waals surface area contributed by atoms with Crippen LogP contribution >= 0.6 is 15.9 Å². The van der Waals surface area contributed by atoms with E-state index in [4.69, 9.17) is 4.74 Å². The summed E-state index contributed by atoms with van der Waals surface area (Å²) in [5, 5.41) is 2.54. The zero-order valence-corrected chi connectivity index (χ0v) is 15.0. The topological polar surface area (TPSA) is 55.4 Å². The maximum Gasteiger partial charge on any atom is 0.328 e. The third kappa shape index (κ3) is 5.35. The highest BCUT2D eigenvalue weighted by molar-refractivity contribution is 9.10. The molecule has 2 rings (SSSR count). The molecule has 0 saturated carbocycles. The first-order valence-electron chi connectivity index (χ1n) is 7.45. The first kappa shape index (κ1) is 19.1. The van der Waals surface area contributed by atoms with Gasteiger partial charge < -0.3 is 10.1 Å². The summed E-state index contributed by atoms with van der Waals surface area (Å²) >= 11 is 3.38. The second kappa shape index (κ2) is 8.71. The van der Waals surface area contributed by atoms with Gasteiger partial charge in [0.15, 0.2) is 0 Å². The Kier molecular flexibility index (Phi) is 6.64. The lowest BCUT2D eigenvalue weighted by molar-refractivity contribution is -0.145. The van der Waals surface area contributed by atoms with Gasteiger partial charge in [0.05, 0.1) is 13.5 Å². The third-order valence-electron chi connectivity index (χ3n) is 3.57. The molecular weight excluding hydrogens is 396 g/mol. The van der Waals surface area contributed by atoms with Gasteiger partial charge in [0.2, 0.25) is 5.91 Å². The van der Waals surface area contributed by atoms with Crippen molar-refractivity contribution in [1.29, 1.82) is 0 Å². The van der Waals surface area contributed by atoms with Crippen molar-refractivity contribution in [2.75, 3.05) is 7.11 Å². The number of carbonyl (C=O) groups excluding carboxylic acids is 2. The summed E-state index contributed by atoms with van der Waals surface area (Å²) in [6.45, 7) is 0. The molecule has 0 saturated heterocycles. The van der Waals surface area contributed by atoms with Gasteiger partial charge in [0.25, 0.3) is 0 Å². The van der Waals surface area contributed by atoms with E-state index in [2.05, 4.69) is 21.2 Å². The molecule has 0 heterocycles. The van der Waals surface area contributed by atoms with Crippen molar-refractivity contribution in [3.63, 3.8) is 0 Å². The highest BCUT2D eigenvalue weighted by Crippen LogP contribution is 2.18. The molecule has 132 valence electrons. The van der Waals surface area contributed by atoms with E-state index < -0.39 is 29.6 Å². The second-order valence-electron chi connectivity index (χ2n) is 5.35. The third-order valence-corrected chi connectivity index (χ3v) is 4.34. The van der Waals surface area contributed by atoms with Crippen LogP contribution in [-0.2, 0) is 27.2 Å². The van der Waals surface area contributed by atoms with Crippen molar-refractivity contribution in [3.05, 3.63) is 69.7 Å². The van der Waals surface area contributed by atoms with E-state index in [1.54, 1.807) is 0 Å². The van der Waals surface area contributed by atoms with E-state index in [0.29, 0.717) is 6.07 Å². The number of benzene rings is 2. The van der Waals surface area contributed by atoms with Gasteiger partial charge in [-0.2, -0.15) is 0 Å². The Hall–Kier alpha value is -2.28. The highest BCUT2D eigenvalue weighted by atomic mass is 79.9. The standard InChI is InChI=1S/C18H16BrF2NO3/c1-25-18(24)16(8-11-4-2-3-5-14(11)19)22-17(23)9-12-6-7-13(20)10-15(12)21/h2-7,10,16H,8-9H2,1H3,(H,22,23)/t16-/m1/s1. The van der Waals surface area contributed by atoms with Gasteiger partial charge in [-0.15, -0.1) is 0 Å². The Morgan fingerprint density at radius 2 is 1.88 bits per heavy atom. The number of halogens is 3. The summed E-state index contributed by atoms with van der Waals surface area (Å²) in [5.74, 6) is -2.70. The number of rotatable bonds is 6. The monoisotopic (exact) mass is 411 g/mol. The van der Waals surface area contributed by atoms with Crippen LogP contribution in [0, 0.1) is 11.6 Å². The number of hydrogen-bond acceptors (Lipinski definition) is 3. The zero-order chi connectivity index (χ0) is 18.4. The number of amides is 1.